The van der Waals surface area contributed by atoms with Crippen LogP contribution in [0.3, 0.4) is 0 Å². The van der Waals surface area contributed by atoms with E-state index < -0.39 is 0 Å². The minimum absolute atomic E-state index is 0.281. The van der Waals surface area contributed by atoms with Gasteiger partial charge < -0.3 is 0 Å². The van der Waals surface area contributed by atoms with E-state index in [1.165, 1.54) is 17.5 Å². The molecule has 1 aromatic carbocycles. The maximum absolute atomic E-state index is 5.58. The standard InChI is InChI=1S/C13H22N2S/c1-3-4-11-5-7-12(8-6-11)13(15-14)9-10-16-2/h5-8,13,15H,3-4,9-10,14H2,1-2H3. The van der Waals surface area contributed by atoms with Crippen LogP contribution in [-0.4, -0.2) is 12.0 Å². The van der Waals surface area contributed by atoms with Gasteiger partial charge in [0.25, 0.3) is 0 Å². The summed E-state index contributed by atoms with van der Waals surface area (Å²) in [4.78, 5) is 0. The van der Waals surface area contributed by atoms with Crippen molar-refractivity contribution in [3.63, 3.8) is 0 Å². The zero-order valence-electron chi connectivity index (χ0n) is 10.2. The Labute approximate surface area is 103 Å². The van der Waals surface area contributed by atoms with Crippen LogP contribution in [0.25, 0.3) is 0 Å². The Morgan fingerprint density at radius 2 is 2.00 bits per heavy atom. The summed E-state index contributed by atoms with van der Waals surface area (Å²) in [6.45, 7) is 2.20. The summed E-state index contributed by atoms with van der Waals surface area (Å²) >= 11 is 1.86. The van der Waals surface area contributed by atoms with Crippen LogP contribution < -0.4 is 11.3 Å². The molecule has 0 spiro atoms. The second kappa shape index (κ2) is 7.71. The van der Waals surface area contributed by atoms with Crippen LogP contribution in [-0.2, 0) is 6.42 Å². The van der Waals surface area contributed by atoms with E-state index >= 15 is 0 Å². The van der Waals surface area contributed by atoms with Crippen molar-refractivity contribution in [2.75, 3.05) is 12.0 Å². The quantitative estimate of drug-likeness (QED) is 0.566. The first kappa shape index (κ1) is 13.6. The van der Waals surface area contributed by atoms with E-state index in [0.29, 0.717) is 0 Å². The van der Waals surface area contributed by atoms with Crippen LogP contribution in [0.4, 0.5) is 0 Å². The van der Waals surface area contributed by atoms with Gasteiger partial charge in [-0.2, -0.15) is 11.8 Å². The Hall–Kier alpha value is -0.510. The fourth-order valence-corrected chi connectivity index (χ4v) is 2.26. The number of thioether (sulfide) groups is 1. The molecule has 0 bridgehead atoms. The van der Waals surface area contributed by atoms with E-state index in [4.69, 9.17) is 5.84 Å². The summed E-state index contributed by atoms with van der Waals surface area (Å²) in [6.07, 6.45) is 5.55. The number of benzene rings is 1. The van der Waals surface area contributed by atoms with Gasteiger partial charge in [-0.3, -0.25) is 11.3 Å². The Kier molecular flexibility index (Phi) is 6.53. The van der Waals surface area contributed by atoms with Crippen molar-refractivity contribution in [2.45, 2.75) is 32.2 Å². The van der Waals surface area contributed by atoms with Crippen LogP contribution in [0.5, 0.6) is 0 Å². The molecule has 0 aliphatic rings. The van der Waals surface area contributed by atoms with Crippen LogP contribution in [0.15, 0.2) is 24.3 Å². The highest BCUT2D eigenvalue weighted by molar-refractivity contribution is 7.98. The summed E-state index contributed by atoms with van der Waals surface area (Å²) in [5.41, 5.74) is 5.59. The minimum atomic E-state index is 0.281. The normalized spacial score (nSPS) is 12.7. The zero-order valence-corrected chi connectivity index (χ0v) is 11.0. The molecule has 1 aromatic rings. The highest BCUT2D eigenvalue weighted by Crippen LogP contribution is 2.18. The Morgan fingerprint density at radius 3 is 2.50 bits per heavy atom. The molecule has 1 unspecified atom stereocenters. The molecule has 0 fully saturated rings. The average Bonchev–Trinajstić information content (AvgIpc) is 2.32. The van der Waals surface area contributed by atoms with Gasteiger partial charge in [0, 0.05) is 6.04 Å². The van der Waals surface area contributed by atoms with Crippen molar-refractivity contribution in [1.29, 1.82) is 0 Å². The molecule has 0 heterocycles. The molecule has 0 saturated heterocycles. The van der Waals surface area contributed by atoms with E-state index in [9.17, 15) is 0 Å². The summed E-state index contributed by atoms with van der Waals surface area (Å²) in [7, 11) is 0. The van der Waals surface area contributed by atoms with Gasteiger partial charge in [-0.25, -0.2) is 0 Å². The van der Waals surface area contributed by atoms with Gasteiger partial charge in [0.05, 0.1) is 0 Å². The number of rotatable bonds is 7. The number of hydrazine groups is 1. The fraction of sp³-hybridized carbons (Fsp3) is 0.538. The number of hydrogen-bond donors (Lipinski definition) is 2. The molecule has 0 amide bonds. The topological polar surface area (TPSA) is 38.0 Å². The molecule has 3 heteroatoms. The van der Waals surface area contributed by atoms with Gasteiger partial charge in [-0.15, -0.1) is 0 Å². The Bertz CT molecular complexity index is 284. The van der Waals surface area contributed by atoms with Crippen molar-refractivity contribution in [2.24, 2.45) is 5.84 Å². The molecule has 16 heavy (non-hydrogen) atoms. The fourth-order valence-electron chi connectivity index (χ4n) is 1.79. The number of aryl methyl sites for hydroxylation is 1. The zero-order chi connectivity index (χ0) is 11.8. The maximum atomic E-state index is 5.58. The molecule has 3 N–H and O–H groups in total. The van der Waals surface area contributed by atoms with Crippen molar-refractivity contribution < 1.29 is 0 Å². The molecule has 90 valence electrons. The van der Waals surface area contributed by atoms with E-state index in [1.54, 1.807) is 0 Å². The summed E-state index contributed by atoms with van der Waals surface area (Å²) < 4.78 is 0. The molecular weight excluding hydrogens is 216 g/mol. The van der Waals surface area contributed by atoms with Gasteiger partial charge in [0.2, 0.25) is 0 Å². The summed E-state index contributed by atoms with van der Waals surface area (Å²) in [6, 6.07) is 9.08. The average molecular weight is 238 g/mol. The molecule has 0 aliphatic heterocycles. The van der Waals surface area contributed by atoms with Gasteiger partial charge >= 0.3 is 0 Å². The molecule has 1 rings (SSSR count). The number of hydrogen-bond acceptors (Lipinski definition) is 3. The minimum Gasteiger partial charge on any atom is -0.271 e. The van der Waals surface area contributed by atoms with Gasteiger partial charge in [0.1, 0.15) is 0 Å². The predicted molar refractivity (Wildman–Crippen MR) is 73.5 cm³/mol. The number of nitrogens with one attached hydrogen (secondary N) is 1. The third-order valence-electron chi connectivity index (χ3n) is 2.73. The highest BCUT2D eigenvalue weighted by atomic mass is 32.2. The SMILES string of the molecule is CCCc1ccc(C(CCSC)NN)cc1. The lowest BCUT2D eigenvalue weighted by atomic mass is 10.0. The van der Waals surface area contributed by atoms with Gasteiger partial charge in [0.15, 0.2) is 0 Å². The van der Waals surface area contributed by atoms with Crippen molar-refractivity contribution in [3.05, 3.63) is 35.4 Å². The largest absolute Gasteiger partial charge is 0.271 e. The first-order valence-electron chi connectivity index (χ1n) is 5.85. The maximum Gasteiger partial charge on any atom is 0.0467 e. The molecule has 2 nitrogen and oxygen atoms in total. The van der Waals surface area contributed by atoms with Crippen LogP contribution in [0.1, 0.15) is 36.9 Å². The van der Waals surface area contributed by atoms with Gasteiger partial charge in [-0.1, -0.05) is 37.6 Å². The van der Waals surface area contributed by atoms with Gasteiger partial charge in [-0.05, 0) is 36.0 Å². The first-order valence-corrected chi connectivity index (χ1v) is 7.25. The third kappa shape index (κ3) is 4.16. The van der Waals surface area contributed by atoms with Crippen LogP contribution >= 0.6 is 11.8 Å². The number of nitrogens with two attached hydrogens (primary N) is 1. The van der Waals surface area contributed by atoms with Crippen molar-refractivity contribution in [3.8, 4) is 0 Å². The van der Waals surface area contributed by atoms with Crippen LogP contribution in [0, 0.1) is 0 Å². The molecule has 0 radical (unpaired) electrons. The van der Waals surface area contributed by atoms with E-state index in [0.717, 1.165) is 18.6 Å². The molecule has 0 aliphatic carbocycles. The summed E-state index contributed by atoms with van der Waals surface area (Å²) in [5.74, 6) is 6.71. The first-order chi connectivity index (χ1) is 7.81. The molecule has 1 atom stereocenters. The monoisotopic (exact) mass is 238 g/mol. The molecular formula is C13H22N2S. The van der Waals surface area contributed by atoms with E-state index in [-0.39, 0.29) is 6.04 Å². The predicted octanol–water partition coefficient (Wildman–Crippen LogP) is 2.90. The molecule has 0 saturated carbocycles. The van der Waals surface area contributed by atoms with Crippen LogP contribution in [0.2, 0.25) is 0 Å². The smallest absolute Gasteiger partial charge is 0.0467 e. The van der Waals surface area contributed by atoms with Crippen molar-refractivity contribution >= 4 is 11.8 Å². The van der Waals surface area contributed by atoms with E-state index in [2.05, 4.69) is 42.9 Å². The van der Waals surface area contributed by atoms with Crippen molar-refractivity contribution in [1.82, 2.24) is 5.43 Å². The summed E-state index contributed by atoms with van der Waals surface area (Å²) in [5, 5.41) is 0. The lowest BCUT2D eigenvalue weighted by Gasteiger charge is -2.16. The highest BCUT2D eigenvalue weighted by Gasteiger charge is 2.08. The lowest BCUT2D eigenvalue weighted by Crippen LogP contribution is -2.28. The Morgan fingerprint density at radius 1 is 1.31 bits per heavy atom. The third-order valence-corrected chi connectivity index (χ3v) is 3.38. The molecule has 0 aromatic heterocycles. The second-order valence-corrected chi connectivity index (χ2v) is 4.98. The lowest BCUT2D eigenvalue weighted by molar-refractivity contribution is 0.543. The second-order valence-electron chi connectivity index (χ2n) is 3.99. The van der Waals surface area contributed by atoms with E-state index in [1.807, 2.05) is 11.8 Å². The Balaban J connectivity index is 2.62.